The van der Waals surface area contributed by atoms with Crippen LogP contribution >= 0.6 is 0 Å². The van der Waals surface area contributed by atoms with Gasteiger partial charge in [0, 0.05) is 0 Å². The Morgan fingerprint density at radius 3 is 2.68 bits per heavy atom. The lowest BCUT2D eigenvalue weighted by atomic mass is 10.2. The van der Waals surface area contributed by atoms with Gasteiger partial charge in [0.25, 0.3) is 5.91 Å². The van der Waals surface area contributed by atoms with Gasteiger partial charge in [0.15, 0.2) is 0 Å². The SMILES string of the molecule is COc1ccc(N2C(=O)C[C@H](NCC#N)C2=O)cc1. The van der Waals surface area contributed by atoms with Crippen LogP contribution < -0.4 is 15.0 Å². The number of carbonyl (C=O) groups is 2. The molecule has 98 valence electrons. The molecule has 1 saturated heterocycles. The minimum atomic E-state index is -0.616. The molecule has 1 aliphatic heterocycles. The maximum atomic E-state index is 12.1. The summed E-state index contributed by atoms with van der Waals surface area (Å²) in [7, 11) is 1.54. The van der Waals surface area contributed by atoms with E-state index >= 15 is 0 Å². The third-order valence-electron chi connectivity index (χ3n) is 2.90. The summed E-state index contributed by atoms with van der Waals surface area (Å²) in [6, 6.07) is 7.95. The van der Waals surface area contributed by atoms with Gasteiger partial charge in [-0.2, -0.15) is 5.26 Å². The van der Waals surface area contributed by atoms with Crippen molar-refractivity contribution < 1.29 is 14.3 Å². The Hall–Kier alpha value is -2.39. The molecule has 2 amide bonds. The summed E-state index contributed by atoms with van der Waals surface area (Å²) >= 11 is 0. The maximum Gasteiger partial charge on any atom is 0.251 e. The molecule has 2 rings (SSSR count). The second kappa shape index (κ2) is 5.50. The second-order valence-electron chi connectivity index (χ2n) is 4.06. The van der Waals surface area contributed by atoms with Crippen LogP contribution in [0.3, 0.4) is 0 Å². The summed E-state index contributed by atoms with van der Waals surface area (Å²) in [5, 5.41) is 11.2. The van der Waals surface area contributed by atoms with Crippen LogP contribution in [0.4, 0.5) is 5.69 Å². The zero-order chi connectivity index (χ0) is 13.8. The van der Waals surface area contributed by atoms with Crippen molar-refractivity contribution in [2.45, 2.75) is 12.5 Å². The first kappa shape index (κ1) is 13.1. The number of methoxy groups -OCH3 is 1. The molecular weight excluding hydrogens is 246 g/mol. The quantitative estimate of drug-likeness (QED) is 0.626. The number of hydrogen-bond donors (Lipinski definition) is 1. The van der Waals surface area contributed by atoms with Gasteiger partial charge in [-0.15, -0.1) is 0 Å². The molecule has 0 spiro atoms. The number of imide groups is 1. The predicted molar refractivity (Wildman–Crippen MR) is 67.5 cm³/mol. The van der Waals surface area contributed by atoms with Gasteiger partial charge in [0.05, 0.1) is 37.9 Å². The molecule has 1 aromatic rings. The number of carbonyl (C=O) groups excluding carboxylic acids is 2. The van der Waals surface area contributed by atoms with Crippen LogP contribution in [0, 0.1) is 11.3 Å². The van der Waals surface area contributed by atoms with E-state index < -0.39 is 6.04 Å². The van der Waals surface area contributed by atoms with Crippen LogP contribution in [-0.2, 0) is 9.59 Å². The van der Waals surface area contributed by atoms with E-state index in [1.165, 1.54) is 0 Å². The largest absolute Gasteiger partial charge is 0.497 e. The van der Waals surface area contributed by atoms with Gasteiger partial charge in [-0.25, -0.2) is 4.90 Å². The molecule has 1 aliphatic rings. The van der Waals surface area contributed by atoms with E-state index in [1.54, 1.807) is 31.4 Å². The monoisotopic (exact) mass is 259 g/mol. The van der Waals surface area contributed by atoms with Gasteiger partial charge in [-0.05, 0) is 24.3 Å². The number of amides is 2. The van der Waals surface area contributed by atoms with Crippen molar-refractivity contribution in [1.29, 1.82) is 5.26 Å². The molecule has 1 atom stereocenters. The van der Waals surface area contributed by atoms with Crippen LogP contribution in [0.2, 0.25) is 0 Å². The van der Waals surface area contributed by atoms with Gasteiger partial charge >= 0.3 is 0 Å². The smallest absolute Gasteiger partial charge is 0.251 e. The highest BCUT2D eigenvalue weighted by molar-refractivity contribution is 6.22. The second-order valence-corrected chi connectivity index (χ2v) is 4.06. The average Bonchev–Trinajstić information content (AvgIpc) is 2.71. The van der Waals surface area contributed by atoms with Gasteiger partial charge in [0.1, 0.15) is 5.75 Å². The highest BCUT2D eigenvalue weighted by Crippen LogP contribution is 2.24. The lowest BCUT2D eigenvalue weighted by molar-refractivity contribution is -0.121. The average molecular weight is 259 g/mol. The molecular formula is C13H13N3O3. The summed E-state index contributed by atoms with van der Waals surface area (Å²) in [4.78, 5) is 25.1. The molecule has 0 radical (unpaired) electrons. The Balaban J connectivity index is 2.17. The molecule has 6 heteroatoms. The third kappa shape index (κ3) is 2.56. The maximum absolute atomic E-state index is 12.1. The molecule has 0 unspecified atom stereocenters. The zero-order valence-corrected chi connectivity index (χ0v) is 10.4. The van der Waals surface area contributed by atoms with Crippen LogP contribution in [0.25, 0.3) is 0 Å². The van der Waals surface area contributed by atoms with E-state index in [2.05, 4.69) is 5.32 Å². The van der Waals surface area contributed by atoms with E-state index in [9.17, 15) is 9.59 Å². The van der Waals surface area contributed by atoms with Gasteiger partial charge in [-0.1, -0.05) is 0 Å². The van der Waals surface area contributed by atoms with Gasteiger partial charge < -0.3 is 4.74 Å². The molecule has 0 aliphatic carbocycles. The Labute approximate surface area is 110 Å². The topological polar surface area (TPSA) is 82.4 Å². The lowest BCUT2D eigenvalue weighted by Gasteiger charge is -2.15. The zero-order valence-electron chi connectivity index (χ0n) is 10.4. The van der Waals surface area contributed by atoms with E-state index in [4.69, 9.17) is 10.00 Å². The van der Waals surface area contributed by atoms with E-state index in [-0.39, 0.29) is 24.8 Å². The minimum absolute atomic E-state index is 0.0418. The van der Waals surface area contributed by atoms with Crippen LogP contribution in [0.1, 0.15) is 6.42 Å². The molecule has 6 nitrogen and oxygen atoms in total. The van der Waals surface area contributed by atoms with Crippen molar-refractivity contribution in [2.75, 3.05) is 18.6 Å². The Morgan fingerprint density at radius 1 is 1.42 bits per heavy atom. The number of nitrogens with one attached hydrogen (secondary N) is 1. The number of nitriles is 1. The Kier molecular flexibility index (Phi) is 3.78. The van der Waals surface area contributed by atoms with E-state index in [0.29, 0.717) is 11.4 Å². The number of anilines is 1. The van der Waals surface area contributed by atoms with Gasteiger partial charge in [-0.3, -0.25) is 14.9 Å². The van der Waals surface area contributed by atoms with Crippen molar-refractivity contribution in [3.8, 4) is 11.8 Å². The lowest BCUT2D eigenvalue weighted by Crippen LogP contribution is -2.38. The van der Waals surface area contributed by atoms with Crippen molar-refractivity contribution in [1.82, 2.24) is 5.32 Å². The minimum Gasteiger partial charge on any atom is -0.497 e. The fourth-order valence-corrected chi connectivity index (χ4v) is 1.96. The summed E-state index contributed by atoms with van der Waals surface area (Å²) in [5.74, 6) is 0.0537. The summed E-state index contributed by atoms with van der Waals surface area (Å²) < 4.78 is 5.02. The number of rotatable bonds is 4. The first-order valence-electron chi connectivity index (χ1n) is 5.78. The first-order valence-corrected chi connectivity index (χ1v) is 5.78. The van der Waals surface area contributed by atoms with Crippen molar-refractivity contribution in [2.24, 2.45) is 0 Å². The number of ether oxygens (including phenoxy) is 1. The molecule has 0 bridgehead atoms. The number of hydrogen-bond acceptors (Lipinski definition) is 5. The Bertz CT molecular complexity index is 533. The fraction of sp³-hybridized carbons (Fsp3) is 0.308. The molecule has 1 fully saturated rings. The standard InChI is InChI=1S/C13H13N3O3/c1-19-10-4-2-9(3-5-10)16-12(17)8-11(13(16)18)15-7-6-14/h2-5,11,15H,7-8H2,1H3/t11-/m0/s1. The molecule has 1 heterocycles. The first-order chi connectivity index (χ1) is 9.17. The summed E-state index contributed by atoms with van der Waals surface area (Å²) in [5.41, 5.74) is 0.511. The molecule has 0 saturated carbocycles. The third-order valence-corrected chi connectivity index (χ3v) is 2.90. The molecule has 1 aromatic carbocycles. The normalized spacial score (nSPS) is 18.5. The van der Waals surface area contributed by atoms with Crippen LogP contribution in [0.15, 0.2) is 24.3 Å². The molecule has 1 N–H and O–H groups in total. The summed E-state index contributed by atoms with van der Waals surface area (Å²) in [6.45, 7) is 0.0418. The highest BCUT2D eigenvalue weighted by atomic mass is 16.5. The summed E-state index contributed by atoms with van der Waals surface area (Å²) in [6.07, 6.45) is 0.0759. The van der Waals surface area contributed by atoms with Crippen LogP contribution in [0.5, 0.6) is 5.75 Å². The van der Waals surface area contributed by atoms with Crippen molar-refractivity contribution >= 4 is 17.5 Å². The number of nitrogens with zero attached hydrogens (tertiary/aromatic N) is 2. The molecule has 0 aromatic heterocycles. The molecule has 19 heavy (non-hydrogen) atoms. The highest BCUT2D eigenvalue weighted by Gasteiger charge is 2.39. The van der Waals surface area contributed by atoms with E-state index in [0.717, 1.165) is 4.90 Å². The van der Waals surface area contributed by atoms with Gasteiger partial charge in [0.2, 0.25) is 5.91 Å². The number of benzene rings is 1. The van der Waals surface area contributed by atoms with Crippen molar-refractivity contribution in [3.05, 3.63) is 24.3 Å². The Morgan fingerprint density at radius 2 is 2.11 bits per heavy atom. The fourth-order valence-electron chi connectivity index (χ4n) is 1.96. The van der Waals surface area contributed by atoms with Crippen LogP contribution in [-0.4, -0.2) is 31.5 Å². The van der Waals surface area contributed by atoms with Crippen molar-refractivity contribution in [3.63, 3.8) is 0 Å². The van der Waals surface area contributed by atoms with E-state index in [1.807, 2.05) is 6.07 Å². The predicted octanol–water partition coefficient (Wildman–Crippen LogP) is 0.440.